The third-order valence-electron chi connectivity index (χ3n) is 19.7. The number of aliphatic hydroxyl groups excluding tert-OH is 2. The van der Waals surface area contributed by atoms with E-state index in [9.17, 15) is 43.5 Å². The van der Waals surface area contributed by atoms with E-state index in [1.807, 2.05) is 0 Å². The summed E-state index contributed by atoms with van der Waals surface area (Å²) in [6, 6.07) is 0. The number of hydrogen-bond donors (Lipinski definition) is 4. The van der Waals surface area contributed by atoms with Crippen LogP contribution in [0.1, 0.15) is 393 Å². The molecule has 0 spiro atoms. The van der Waals surface area contributed by atoms with E-state index in [-0.39, 0.29) is 19.3 Å². The topological polar surface area (TPSA) is 231 Å². The second-order valence-electron chi connectivity index (χ2n) is 31.1. The van der Waals surface area contributed by atoms with Gasteiger partial charge in [-0.1, -0.05) is 378 Å². The molecule has 4 N–H and O–H groups in total. The molecular weight excluding hydrogens is 1510 g/mol. The minimum Gasteiger partial charge on any atom is -0.463 e. The van der Waals surface area contributed by atoms with E-state index < -0.39 is 91.5 Å². The molecule has 5 atom stereocenters. The van der Waals surface area contributed by atoms with E-state index in [0.717, 1.165) is 173 Å². The Morgan fingerprint density at radius 2 is 0.453 bits per heavy atom. The molecule has 0 radical (unpaired) electrons. The largest absolute Gasteiger partial charge is 0.472 e. The van der Waals surface area contributed by atoms with E-state index >= 15 is 0 Å². The lowest BCUT2D eigenvalue weighted by atomic mass is 10.0. The number of hydrogen-bond acceptors (Lipinski definition) is 14. The van der Waals surface area contributed by atoms with Gasteiger partial charge >= 0.3 is 33.6 Å². The number of allylic oxidation sites excluding steroid dienone is 26. The van der Waals surface area contributed by atoms with Crippen LogP contribution in [-0.2, 0) is 55.8 Å². The van der Waals surface area contributed by atoms with Gasteiger partial charge in [-0.3, -0.25) is 32.5 Å². The molecular formula is C99H170O16P2. The van der Waals surface area contributed by atoms with Crippen LogP contribution in [0.2, 0.25) is 0 Å². The first kappa shape index (κ1) is 112. The highest BCUT2D eigenvalue weighted by molar-refractivity contribution is 7.47. The lowest BCUT2D eigenvalue weighted by molar-refractivity contribution is -0.161. The molecule has 0 aromatic rings. The normalized spacial score (nSPS) is 14.5. The zero-order chi connectivity index (χ0) is 85.1. The Hall–Kier alpha value is -4.83. The minimum absolute atomic E-state index is 0.0876. The Labute approximate surface area is 714 Å². The first-order valence-electron chi connectivity index (χ1n) is 46.8. The summed E-state index contributed by atoms with van der Waals surface area (Å²) in [6.45, 7) is 2.55. The number of rotatable bonds is 88. The molecule has 0 rings (SSSR count). The monoisotopic (exact) mass is 1680 g/mol. The molecule has 0 aliphatic heterocycles. The molecule has 0 aliphatic rings. The van der Waals surface area contributed by atoms with E-state index in [1.165, 1.54) is 161 Å². The van der Waals surface area contributed by atoms with E-state index in [0.29, 0.717) is 19.3 Å². The highest BCUT2D eigenvalue weighted by Crippen LogP contribution is 2.45. The lowest BCUT2D eigenvalue weighted by Crippen LogP contribution is -2.30. The number of esters is 3. The predicted molar refractivity (Wildman–Crippen MR) is 491 cm³/mol. The summed E-state index contributed by atoms with van der Waals surface area (Å²) in [5.41, 5.74) is 0. The third-order valence-corrected chi connectivity index (χ3v) is 21.6. The Kier molecular flexibility index (Phi) is 86.7. The van der Waals surface area contributed by atoms with Crippen molar-refractivity contribution >= 4 is 33.6 Å². The van der Waals surface area contributed by atoms with Gasteiger partial charge in [0.25, 0.3) is 0 Å². The van der Waals surface area contributed by atoms with Crippen molar-refractivity contribution in [2.45, 2.75) is 411 Å². The number of carbonyl (C=O) groups is 3. The SMILES string of the molecule is CC/C=C\C/C=C\C/C=C\C/C=C\C/C=C\CCCCCCCCCC(=O)OC(COC(=O)CCCCCCCCCCCCCCC/C=C\C/C=C\C/C=C\C/C=C\CCCCC)COP(=O)(O)OCC(O)COP(=O)(O)OCC(O)COC(=O)CCCCCCCCCCCCCCC/C=C\C/C=C\C/C=C\C/C=C\CCCCC. The second-order valence-corrected chi connectivity index (χ2v) is 34.0. The van der Waals surface area contributed by atoms with Crippen molar-refractivity contribution in [3.63, 3.8) is 0 Å². The maximum Gasteiger partial charge on any atom is 0.472 e. The number of phosphoric ester groups is 2. The van der Waals surface area contributed by atoms with Crippen LogP contribution in [0.15, 0.2) is 158 Å². The molecule has 18 heteroatoms. The Morgan fingerprint density at radius 3 is 0.718 bits per heavy atom. The van der Waals surface area contributed by atoms with Crippen LogP contribution in [0.3, 0.4) is 0 Å². The fraction of sp³-hybridized carbons (Fsp3) is 0.707. The maximum atomic E-state index is 13.1. The van der Waals surface area contributed by atoms with E-state index in [4.69, 9.17) is 32.3 Å². The average molecular weight is 1680 g/mol. The highest BCUT2D eigenvalue weighted by Gasteiger charge is 2.29. The van der Waals surface area contributed by atoms with Crippen molar-refractivity contribution in [2.75, 3.05) is 39.6 Å². The predicted octanol–water partition coefficient (Wildman–Crippen LogP) is 28.9. The Bertz CT molecular complexity index is 2760. The third kappa shape index (κ3) is 91.7. The molecule has 0 aromatic carbocycles. The molecule has 16 nitrogen and oxygen atoms in total. The number of aliphatic hydroxyl groups is 2. The molecule has 0 aliphatic carbocycles. The van der Waals surface area contributed by atoms with Gasteiger partial charge in [0.15, 0.2) is 6.10 Å². The molecule has 0 saturated heterocycles. The minimum atomic E-state index is -4.95. The van der Waals surface area contributed by atoms with Crippen molar-refractivity contribution in [1.82, 2.24) is 0 Å². The summed E-state index contributed by atoms with van der Waals surface area (Å²) < 4.78 is 61.5. The van der Waals surface area contributed by atoms with Crippen LogP contribution in [0.4, 0.5) is 0 Å². The van der Waals surface area contributed by atoms with Crippen molar-refractivity contribution < 1.29 is 75.8 Å². The first-order chi connectivity index (χ1) is 57.2. The first-order valence-corrected chi connectivity index (χ1v) is 49.8. The number of unbranched alkanes of at least 4 members (excludes halogenated alkanes) is 39. The molecule has 0 fully saturated rings. The van der Waals surface area contributed by atoms with Gasteiger partial charge in [0.2, 0.25) is 0 Å². The Balaban J connectivity index is 4.64. The molecule has 0 heterocycles. The van der Waals surface area contributed by atoms with Crippen LogP contribution in [0.5, 0.6) is 0 Å². The number of phosphoric acid groups is 2. The molecule has 5 unspecified atom stereocenters. The van der Waals surface area contributed by atoms with Crippen molar-refractivity contribution in [3.05, 3.63) is 158 Å². The van der Waals surface area contributed by atoms with Crippen molar-refractivity contribution in [1.29, 1.82) is 0 Å². The average Bonchev–Trinajstić information content (AvgIpc) is 0.894. The number of ether oxygens (including phenoxy) is 3. The van der Waals surface area contributed by atoms with Gasteiger partial charge in [-0.15, -0.1) is 0 Å². The highest BCUT2D eigenvalue weighted by atomic mass is 31.2. The van der Waals surface area contributed by atoms with Gasteiger partial charge < -0.3 is 34.2 Å². The van der Waals surface area contributed by atoms with Gasteiger partial charge in [-0.25, -0.2) is 9.13 Å². The van der Waals surface area contributed by atoms with Crippen molar-refractivity contribution in [2.24, 2.45) is 0 Å². The lowest BCUT2D eigenvalue weighted by Gasteiger charge is -2.21. The van der Waals surface area contributed by atoms with Crippen LogP contribution in [-0.4, -0.2) is 95.9 Å². The summed E-state index contributed by atoms with van der Waals surface area (Å²) in [4.78, 5) is 59.0. The van der Waals surface area contributed by atoms with Gasteiger partial charge in [0.1, 0.15) is 25.4 Å². The van der Waals surface area contributed by atoms with Gasteiger partial charge in [0, 0.05) is 19.3 Å². The quantitative estimate of drug-likeness (QED) is 0.0146. The van der Waals surface area contributed by atoms with E-state index in [2.05, 4.69) is 179 Å². The van der Waals surface area contributed by atoms with Gasteiger partial charge in [-0.05, 0) is 154 Å². The molecule has 0 aromatic heterocycles. The van der Waals surface area contributed by atoms with Crippen LogP contribution in [0.25, 0.3) is 0 Å². The molecule has 117 heavy (non-hydrogen) atoms. The Morgan fingerprint density at radius 1 is 0.248 bits per heavy atom. The summed E-state index contributed by atoms with van der Waals surface area (Å²) in [6.07, 6.45) is 116. The number of carbonyl (C=O) groups excluding carboxylic acids is 3. The second kappa shape index (κ2) is 90.4. The molecule has 0 amide bonds. The molecule has 0 saturated carbocycles. The van der Waals surface area contributed by atoms with Crippen LogP contribution < -0.4 is 0 Å². The van der Waals surface area contributed by atoms with Crippen LogP contribution in [0, 0.1) is 0 Å². The standard InChI is InChI=1S/C99H170O16P2/c1-4-7-10-13-16-19-22-25-28-31-34-37-40-42-44-46-48-50-53-55-58-61-64-67-70-73-76-79-82-85-97(102)109-88-94(100)89-111-116(105,106)112-90-95(101)91-113-117(107,108)114-93-96(115-99(104)87-84-81-78-75-72-69-66-63-60-57-52-39-36-33-30-27-24-21-18-15-12-9-6-3)92-110-98(103)86-83-80-77-74-71-68-65-62-59-56-54-51-49-47-45-43-41-38-35-32-29-26-23-20-17-14-11-8-5-2/h9,12,16-21,25-30,34-39,42-45,57,60,94-96,100-101H,4-8,10-11,13-15,22-24,31-33,40-41,46-56,58-59,61-93H2,1-3H3,(H,105,106)(H,107,108)/b12-9-,19-16-,20-17-,21-18-,28-25-,29-26-,30-27-,37-34-,38-35-,39-36-,44-42-,45-43-,60-57-. The van der Waals surface area contributed by atoms with Crippen LogP contribution >= 0.6 is 15.6 Å². The van der Waals surface area contributed by atoms with Gasteiger partial charge in [0.05, 0.1) is 26.4 Å². The van der Waals surface area contributed by atoms with E-state index in [1.54, 1.807) is 0 Å². The van der Waals surface area contributed by atoms with Gasteiger partial charge in [-0.2, -0.15) is 0 Å². The zero-order valence-electron chi connectivity index (χ0n) is 74.1. The summed E-state index contributed by atoms with van der Waals surface area (Å²) in [7, 11) is -9.82. The molecule has 672 valence electrons. The summed E-state index contributed by atoms with van der Waals surface area (Å²) >= 11 is 0. The summed E-state index contributed by atoms with van der Waals surface area (Å²) in [5.74, 6) is -1.58. The smallest absolute Gasteiger partial charge is 0.463 e. The maximum absolute atomic E-state index is 13.1. The fourth-order valence-electron chi connectivity index (χ4n) is 12.6. The fourth-order valence-corrected chi connectivity index (χ4v) is 14.2. The zero-order valence-corrected chi connectivity index (χ0v) is 75.9. The summed E-state index contributed by atoms with van der Waals surface area (Å²) in [5, 5.41) is 20.7. The molecule has 0 bridgehead atoms. The van der Waals surface area contributed by atoms with Crippen molar-refractivity contribution in [3.8, 4) is 0 Å².